The van der Waals surface area contributed by atoms with Gasteiger partial charge in [-0.2, -0.15) is 0 Å². The van der Waals surface area contributed by atoms with E-state index >= 15 is 0 Å². The number of methoxy groups -OCH3 is 1. The van der Waals surface area contributed by atoms with Gasteiger partial charge in [-0.3, -0.25) is 14.5 Å². The van der Waals surface area contributed by atoms with E-state index in [1.54, 1.807) is 36.4 Å². The number of carbonyl (C=O) groups is 2. The Bertz CT molecular complexity index is 843. The molecule has 0 fully saturated rings. The van der Waals surface area contributed by atoms with Gasteiger partial charge in [0.2, 0.25) is 5.91 Å². The maximum atomic E-state index is 13.1. The molecule has 2 rings (SSSR count). The number of nitrogens with zero attached hydrogens (tertiary/aromatic N) is 1. The van der Waals surface area contributed by atoms with Gasteiger partial charge in [-0.1, -0.05) is 23.6 Å². The molecule has 0 saturated carbocycles. The van der Waals surface area contributed by atoms with Gasteiger partial charge >= 0.3 is 0 Å². The predicted molar refractivity (Wildman–Crippen MR) is 98.1 cm³/mol. The van der Waals surface area contributed by atoms with Crippen LogP contribution in [0.25, 0.3) is 0 Å². The van der Waals surface area contributed by atoms with E-state index in [-0.39, 0.29) is 18.0 Å². The monoisotopic (exact) mass is 356 g/mol. The summed E-state index contributed by atoms with van der Waals surface area (Å²) in [5.74, 6) is 2.14. The van der Waals surface area contributed by atoms with Crippen molar-refractivity contribution in [3.8, 4) is 18.1 Å². The van der Waals surface area contributed by atoms with Crippen LogP contribution in [0.2, 0.25) is 5.02 Å². The fourth-order valence-corrected chi connectivity index (χ4v) is 2.43. The third-order valence-corrected chi connectivity index (χ3v) is 3.78. The van der Waals surface area contributed by atoms with Crippen LogP contribution in [0.15, 0.2) is 42.5 Å². The van der Waals surface area contributed by atoms with Crippen LogP contribution in [0.3, 0.4) is 0 Å². The summed E-state index contributed by atoms with van der Waals surface area (Å²) in [5.41, 5.74) is 1.36. The van der Waals surface area contributed by atoms with Gasteiger partial charge in [0.05, 0.1) is 12.7 Å². The second-order valence-corrected chi connectivity index (χ2v) is 5.54. The second-order valence-electron chi connectivity index (χ2n) is 5.10. The van der Waals surface area contributed by atoms with Gasteiger partial charge in [0.25, 0.3) is 5.91 Å². The smallest absolute Gasteiger partial charge is 0.262 e. The number of rotatable bonds is 5. The summed E-state index contributed by atoms with van der Waals surface area (Å²) in [5, 5.41) is 2.90. The van der Waals surface area contributed by atoms with E-state index in [9.17, 15) is 9.59 Å². The SMILES string of the molecule is C#Cc1cccc(N(CC(=O)NC)C(=O)c2cc(Cl)ccc2OC)c1. The van der Waals surface area contributed by atoms with E-state index in [0.29, 0.717) is 22.0 Å². The number of ether oxygens (including phenoxy) is 1. The molecule has 5 nitrogen and oxygen atoms in total. The Hall–Kier alpha value is -2.97. The van der Waals surface area contributed by atoms with E-state index in [0.717, 1.165) is 0 Å². The average molecular weight is 357 g/mol. The molecule has 0 unspecified atom stereocenters. The predicted octanol–water partition coefficient (Wildman–Crippen LogP) is 2.72. The Balaban J connectivity index is 2.52. The van der Waals surface area contributed by atoms with Crippen molar-refractivity contribution >= 4 is 29.1 Å². The number of hydrogen-bond donors (Lipinski definition) is 1. The zero-order valence-electron chi connectivity index (χ0n) is 13.9. The molecule has 0 aliphatic heterocycles. The van der Waals surface area contributed by atoms with Crippen LogP contribution < -0.4 is 15.0 Å². The van der Waals surface area contributed by atoms with Crippen molar-refractivity contribution in [2.75, 3.05) is 25.6 Å². The van der Waals surface area contributed by atoms with Crippen molar-refractivity contribution in [2.24, 2.45) is 0 Å². The minimum absolute atomic E-state index is 0.168. The van der Waals surface area contributed by atoms with Crippen LogP contribution >= 0.6 is 11.6 Å². The number of nitrogens with one attached hydrogen (secondary N) is 1. The fourth-order valence-electron chi connectivity index (χ4n) is 2.26. The lowest BCUT2D eigenvalue weighted by atomic mass is 10.1. The number of halogens is 1. The molecule has 0 aliphatic carbocycles. The largest absolute Gasteiger partial charge is 0.496 e. The van der Waals surface area contributed by atoms with Crippen molar-refractivity contribution in [3.05, 3.63) is 58.6 Å². The number of amides is 2. The summed E-state index contributed by atoms with van der Waals surface area (Å²) in [4.78, 5) is 26.3. The molecule has 6 heteroatoms. The third kappa shape index (κ3) is 4.31. The standard InChI is InChI=1S/C19H17ClN2O3/c1-4-13-6-5-7-15(10-13)22(12-18(23)21-2)19(24)16-11-14(20)8-9-17(16)25-3/h1,5-11H,12H2,2-3H3,(H,21,23). The van der Waals surface area contributed by atoms with Gasteiger partial charge in [0, 0.05) is 23.3 Å². The Morgan fingerprint density at radius 1 is 1.28 bits per heavy atom. The van der Waals surface area contributed by atoms with E-state index in [1.165, 1.54) is 25.1 Å². The van der Waals surface area contributed by atoms with Crippen LogP contribution in [0.5, 0.6) is 5.75 Å². The van der Waals surface area contributed by atoms with Crippen LogP contribution in [0.4, 0.5) is 5.69 Å². The quantitative estimate of drug-likeness (QED) is 0.838. The Morgan fingerprint density at radius 3 is 2.68 bits per heavy atom. The molecule has 2 aromatic carbocycles. The molecule has 2 aromatic rings. The molecule has 0 radical (unpaired) electrons. The van der Waals surface area contributed by atoms with E-state index < -0.39 is 5.91 Å². The molecular weight excluding hydrogens is 340 g/mol. The molecule has 0 spiro atoms. The van der Waals surface area contributed by atoms with Gasteiger partial charge in [-0.25, -0.2) is 0 Å². The zero-order chi connectivity index (χ0) is 18.4. The molecule has 25 heavy (non-hydrogen) atoms. The van der Waals surface area contributed by atoms with E-state index in [1.807, 2.05) is 0 Å². The first-order valence-corrected chi connectivity index (χ1v) is 7.80. The van der Waals surface area contributed by atoms with Crippen molar-refractivity contribution in [2.45, 2.75) is 0 Å². The summed E-state index contributed by atoms with van der Waals surface area (Å²) in [6.07, 6.45) is 5.43. The molecule has 0 heterocycles. The van der Waals surface area contributed by atoms with Gasteiger partial charge in [0.15, 0.2) is 0 Å². The molecule has 2 amide bonds. The number of carbonyl (C=O) groups excluding carboxylic acids is 2. The molecule has 0 saturated heterocycles. The van der Waals surface area contributed by atoms with E-state index in [2.05, 4.69) is 11.2 Å². The van der Waals surface area contributed by atoms with Crippen molar-refractivity contribution in [3.63, 3.8) is 0 Å². The zero-order valence-corrected chi connectivity index (χ0v) is 14.6. The van der Waals surface area contributed by atoms with Gasteiger partial charge in [-0.15, -0.1) is 6.42 Å². The number of terminal acetylenes is 1. The lowest BCUT2D eigenvalue weighted by Crippen LogP contribution is -2.40. The average Bonchev–Trinajstić information content (AvgIpc) is 2.65. The van der Waals surface area contributed by atoms with Crippen LogP contribution in [0.1, 0.15) is 15.9 Å². The summed E-state index contributed by atoms with van der Waals surface area (Å²) in [6, 6.07) is 11.6. The number of anilines is 1. The van der Waals surface area contributed by atoms with Crippen molar-refractivity contribution < 1.29 is 14.3 Å². The van der Waals surface area contributed by atoms with Crippen molar-refractivity contribution in [1.29, 1.82) is 0 Å². The van der Waals surface area contributed by atoms with Gasteiger partial charge in [0.1, 0.15) is 12.3 Å². The maximum absolute atomic E-state index is 13.1. The highest BCUT2D eigenvalue weighted by Gasteiger charge is 2.23. The Morgan fingerprint density at radius 2 is 2.04 bits per heavy atom. The first-order valence-electron chi connectivity index (χ1n) is 7.42. The van der Waals surface area contributed by atoms with Gasteiger partial charge < -0.3 is 10.1 Å². The molecular formula is C19H17ClN2O3. The molecule has 0 aromatic heterocycles. The van der Waals surface area contributed by atoms with Gasteiger partial charge in [-0.05, 0) is 36.4 Å². The number of benzene rings is 2. The lowest BCUT2D eigenvalue weighted by molar-refractivity contribution is -0.119. The highest BCUT2D eigenvalue weighted by atomic mass is 35.5. The Kier molecular flexibility index (Phi) is 6.04. The Labute approximate surface area is 151 Å². The highest BCUT2D eigenvalue weighted by molar-refractivity contribution is 6.31. The normalized spacial score (nSPS) is 9.84. The van der Waals surface area contributed by atoms with Crippen LogP contribution in [-0.2, 0) is 4.79 Å². The summed E-state index contributed by atoms with van der Waals surface area (Å²) < 4.78 is 5.24. The molecule has 0 aliphatic rings. The number of likely N-dealkylation sites (N-methyl/N-ethyl adjacent to an activating group) is 1. The maximum Gasteiger partial charge on any atom is 0.262 e. The first kappa shape index (κ1) is 18.4. The highest BCUT2D eigenvalue weighted by Crippen LogP contribution is 2.26. The minimum Gasteiger partial charge on any atom is -0.496 e. The second kappa shape index (κ2) is 8.22. The van der Waals surface area contributed by atoms with Crippen LogP contribution in [0, 0.1) is 12.3 Å². The van der Waals surface area contributed by atoms with Crippen molar-refractivity contribution in [1.82, 2.24) is 5.32 Å². The van der Waals surface area contributed by atoms with E-state index in [4.69, 9.17) is 22.8 Å². The van der Waals surface area contributed by atoms with Crippen LogP contribution in [-0.4, -0.2) is 32.5 Å². The summed E-state index contributed by atoms with van der Waals surface area (Å²) in [6.45, 7) is -0.168. The molecule has 128 valence electrons. The molecule has 1 N–H and O–H groups in total. The summed E-state index contributed by atoms with van der Waals surface area (Å²) in [7, 11) is 2.96. The fraction of sp³-hybridized carbons (Fsp3) is 0.158. The third-order valence-electron chi connectivity index (χ3n) is 3.54. The molecule has 0 bridgehead atoms. The number of hydrogen-bond acceptors (Lipinski definition) is 3. The lowest BCUT2D eigenvalue weighted by Gasteiger charge is -2.23. The summed E-state index contributed by atoms with van der Waals surface area (Å²) >= 11 is 6.02. The topological polar surface area (TPSA) is 58.6 Å². The first-order chi connectivity index (χ1) is 12.0. The minimum atomic E-state index is -0.419. The molecule has 0 atom stereocenters.